The molecule has 13 heavy (non-hydrogen) atoms. The predicted molar refractivity (Wildman–Crippen MR) is 56.0 cm³/mol. The van der Waals surface area contributed by atoms with Gasteiger partial charge in [0, 0.05) is 6.61 Å². The summed E-state index contributed by atoms with van der Waals surface area (Å²) in [7, 11) is 0. The maximum Gasteiger partial charge on any atom is 0.0700 e. The summed E-state index contributed by atoms with van der Waals surface area (Å²) in [6.45, 7) is 11.8. The number of rotatable bonds is 7. The van der Waals surface area contributed by atoms with Crippen molar-refractivity contribution in [3.8, 4) is 0 Å². The summed E-state index contributed by atoms with van der Waals surface area (Å²) < 4.78 is 10.8. The highest BCUT2D eigenvalue weighted by molar-refractivity contribution is 4.58. The fourth-order valence-electron chi connectivity index (χ4n) is 0.845. The third-order valence-electron chi connectivity index (χ3n) is 1.55. The van der Waals surface area contributed by atoms with E-state index in [1.807, 2.05) is 0 Å². The average molecular weight is 188 g/mol. The Balaban J connectivity index is 3.00. The van der Waals surface area contributed by atoms with E-state index in [1.54, 1.807) is 0 Å². The fraction of sp³-hybridized carbons (Fsp3) is 1.00. The van der Waals surface area contributed by atoms with Crippen LogP contribution in [0.25, 0.3) is 0 Å². The van der Waals surface area contributed by atoms with E-state index in [9.17, 15) is 0 Å². The predicted octanol–water partition coefficient (Wildman–Crippen LogP) is 2.87. The molecule has 0 spiro atoms. The monoisotopic (exact) mass is 188 g/mol. The second kappa shape index (κ2) is 7.34. The van der Waals surface area contributed by atoms with E-state index < -0.39 is 0 Å². The second-order valence-corrected chi connectivity index (χ2v) is 4.58. The minimum Gasteiger partial charge on any atom is -0.379 e. The molecule has 0 aromatic rings. The molecule has 0 radical (unpaired) electrons. The maximum atomic E-state index is 5.45. The smallest absolute Gasteiger partial charge is 0.0700 e. The normalized spacial score (nSPS) is 12.0. The largest absolute Gasteiger partial charge is 0.379 e. The molecule has 0 amide bonds. The van der Waals surface area contributed by atoms with Gasteiger partial charge in [0.25, 0.3) is 0 Å². The molecule has 80 valence electrons. The molecule has 0 rings (SSSR count). The molecule has 0 unspecified atom stereocenters. The van der Waals surface area contributed by atoms with Gasteiger partial charge in [-0.05, 0) is 11.8 Å². The SMILES string of the molecule is CCCCOCCOCC(C)(C)C. The van der Waals surface area contributed by atoms with Crippen LogP contribution in [0.3, 0.4) is 0 Å². The number of ether oxygens (including phenoxy) is 2. The first-order chi connectivity index (χ1) is 6.06. The highest BCUT2D eigenvalue weighted by Crippen LogP contribution is 2.12. The molecule has 0 heterocycles. The Bertz CT molecular complexity index is 105. The molecule has 0 aliphatic heterocycles. The summed E-state index contributed by atoms with van der Waals surface area (Å²) in [6, 6.07) is 0. The number of hydrogen-bond acceptors (Lipinski definition) is 2. The molecule has 0 aliphatic carbocycles. The third kappa shape index (κ3) is 11.9. The molecule has 0 aromatic carbocycles. The summed E-state index contributed by atoms with van der Waals surface area (Å²) in [5, 5.41) is 0. The van der Waals surface area contributed by atoms with Crippen LogP contribution in [0.1, 0.15) is 40.5 Å². The van der Waals surface area contributed by atoms with Gasteiger partial charge in [0.05, 0.1) is 19.8 Å². The Labute approximate surface area is 82.6 Å². The van der Waals surface area contributed by atoms with Crippen LogP contribution in [0.5, 0.6) is 0 Å². The molecule has 0 bridgehead atoms. The summed E-state index contributed by atoms with van der Waals surface area (Å²) in [5.41, 5.74) is 0.267. The molecule has 2 nitrogen and oxygen atoms in total. The van der Waals surface area contributed by atoms with Gasteiger partial charge in [-0.15, -0.1) is 0 Å². The van der Waals surface area contributed by atoms with E-state index in [4.69, 9.17) is 9.47 Å². The lowest BCUT2D eigenvalue weighted by Gasteiger charge is -2.17. The standard InChI is InChI=1S/C11H24O2/c1-5-6-7-12-8-9-13-10-11(2,3)4/h5-10H2,1-4H3. The van der Waals surface area contributed by atoms with Crippen LogP contribution in [0.15, 0.2) is 0 Å². The quantitative estimate of drug-likeness (QED) is 0.572. The minimum absolute atomic E-state index is 0.267. The maximum absolute atomic E-state index is 5.45. The summed E-state index contributed by atoms with van der Waals surface area (Å²) in [5.74, 6) is 0. The third-order valence-corrected chi connectivity index (χ3v) is 1.55. The van der Waals surface area contributed by atoms with Gasteiger partial charge >= 0.3 is 0 Å². The van der Waals surface area contributed by atoms with Gasteiger partial charge in [0.1, 0.15) is 0 Å². The highest BCUT2D eigenvalue weighted by Gasteiger charge is 2.09. The topological polar surface area (TPSA) is 18.5 Å². The van der Waals surface area contributed by atoms with E-state index in [1.165, 1.54) is 6.42 Å². The van der Waals surface area contributed by atoms with E-state index in [2.05, 4.69) is 27.7 Å². The van der Waals surface area contributed by atoms with Crippen molar-refractivity contribution in [2.75, 3.05) is 26.4 Å². The van der Waals surface area contributed by atoms with Crippen LogP contribution in [0, 0.1) is 5.41 Å². The van der Waals surface area contributed by atoms with E-state index >= 15 is 0 Å². The summed E-state index contributed by atoms with van der Waals surface area (Å²) in [4.78, 5) is 0. The van der Waals surface area contributed by atoms with E-state index in [-0.39, 0.29) is 5.41 Å². The first-order valence-corrected chi connectivity index (χ1v) is 5.22. The zero-order valence-corrected chi connectivity index (χ0v) is 9.56. The van der Waals surface area contributed by atoms with Gasteiger partial charge in [-0.25, -0.2) is 0 Å². The van der Waals surface area contributed by atoms with Crippen molar-refractivity contribution in [3.05, 3.63) is 0 Å². The van der Waals surface area contributed by atoms with Crippen LogP contribution in [-0.2, 0) is 9.47 Å². The van der Waals surface area contributed by atoms with Crippen molar-refractivity contribution < 1.29 is 9.47 Å². The van der Waals surface area contributed by atoms with Gasteiger partial charge in [0.15, 0.2) is 0 Å². The van der Waals surface area contributed by atoms with Crippen molar-refractivity contribution >= 4 is 0 Å². The fourth-order valence-corrected chi connectivity index (χ4v) is 0.845. The van der Waals surface area contributed by atoms with Gasteiger partial charge in [-0.3, -0.25) is 0 Å². The first kappa shape index (κ1) is 12.9. The first-order valence-electron chi connectivity index (χ1n) is 5.22. The Hall–Kier alpha value is -0.0800. The molecular weight excluding hydrogens is 164 g/mol. The minimum atomic E-state index is 0.267. The van der Waals surface area contributed by atoms with Crippen molar-refractivity contribution in [2.24, 2.45) is 5.41 Å². The highest BCUT2D eigenvalue weighted by atomic mass is 16.5. The molecule has 2 heteroatoms. The molecule has 0 aliphatic rings. The lowest BCUT2D eigenvalue weighted by Crippen LogP contribution is -2.17. The van der Waals surface area contributed by atoms with Gasteiger partial charge in [-0.1, -0.05) is 34.1 Å². The molecule has 0 saturated carbocycles. The van der Waals surface area contributed by atoms with Gasteiger partial charge in [0.2, 0.25) is 0 Å². The van der Waals surface area contributed by atoms with Crippen LogP contribution in [0.2, 0.25) is 0 Å². The second-order valence-electron chi connectivity index (χ2n) is 4.58. The van der Waals surface area contributed by atoms with Crippen molar-refractivity contribution in [2.45, 2.75) is 40.5 Å². The van der Waals surface area contributed by atoms with Crippen molar-refractivity contribution in [3.63, 3.8) is 0 Å². The molecule has 0 aromatic heterocycles. The average Bonchev–Trinajstić information content (AvgIpc) is 2.01. The Morgan fingerprint density at radius 1 is 0.923 bits per heavy atom. The van der Waals surface area contributed by atoms with Crippen molar-refractivity contribution in [1.82, 2.24) is 0 Å². The van der Waals surface area contributed by atoms with Gasteiger partial charge in [-0.2, -0.15) is 0 Å². The Morgan fingerprint density at radius 3 is 2.08 bits per heavy atom. The zero-order chi connectivity index (χ0) is 10.2. The molecular formula is C11H24O2. The van der Waals surface area contributed by atoms with E-state index in [0.717, 1.165) is 32.8 Å². The molecule has 0 saturated heterocycles. The lowest BCUT2D eigenvalue weighted by atomic mass is 9.99. The number of unbranched alkanes of at least 4 members (excludes halogenated alkanes) is 1. The summed E-state index contributed by atoms with van der Waals surface area (Å²) in [6.07, 6.45) is 2.35. The van der Waals surface area contributed by atoms with E-state index in [0.29, 0.717) is 0 Å². The lowest BCUT2D eigenvalue weighted by molar-refractivity contribution is 0.0188. The van der Waals surface area contributed by atoms with Crippen LogP contribution >= 0.6 is 0 Å². The molecule has 0 fully saturated rings. The molecule has 0 atom stereocenters. The summed E-state index contributed by atoms with van der Waals surface area (Å²) >= 11 is 0. The Morgan fingerprint density at radius 2 is 1.54 bits per heavy atom. The van der Waals surface area contributed by atoms with Crippen LogP contribution in [0.4, 0.5) is 0 Å². The van der Waals surface area contributed by atoms with Crippen LogP contribution in [-0.4, -0.2) is 26.4 Å². The molecule has 0 N–H and O–H groups in total. The Kier molecular flexibility index (Phi) is 7.29. The van der Waals surface area contributed by atoms with Gasteiger partial charge < -0.3 is 9.47 Å². The number of hydrogen-bond donors (Lipinski definition) is 0. The zero-order valence-electron chi connectivity index (χ0n) is 9.56. The van der Waals surface area contributed by atoms with Crippen molar-refractivity contribution in [1.29, 1.82) is 0 Å². The van der Waals surface area contributed by atoms with Crippen LogP contribution < -0.4 is 0 Å².